The SMILES string of the molecule is CCC(Cl)CCNC(=O)c1cc(Cl)sc1Cl. The summed E-state index contributed by atoms with van der Waals surface area (Å²) in [7, 11) is 0. The molecule has 0 saturated heterocycles. The van der Waals surface area contributed by atoms with E-state index in [4.69, 9.17) is 34.8 Å². The van der Waals surface area contributed by atoms with Gasteiger partial charge in [-0.2, -0.15) is 0 Å². The predicted molar refractivity (Wildman–Crippen MR) is 71.2 cm³/mol. The van der Waals surface area contributed by atoms with Gasteiger partial charge in [0.1, 0.15) is 4.34 Å². The van der Waals surface area contributed by atoms with Crippen LogP contribution in [0, 0.1) is 0 Å². The molecule has 6 heteroatoms. The highest BCUT2D eigenvalue weighted by Crippen LogP contribution is 2.30. The summed E-state index contributed by atoms with van der Waals surface area (Å²) in [5.41, 5.74) is 0.430. The van der Waals surface area contributed by atoms with E-state index >= 15 is 0 Å². The van der Waals surface area contributed by atoms with E-state index in [0.29, 0.717) is 20.8 Å². The molecule has 0 aliphatic carbocycles. The predicted octanol–water partition coefficient (Wildman–Crippen LogP) is 4.19. The van der Waals surface area contributed by atoms with E-state index in [1.807, 2.05) is 6.92 Å². The summed E-state index contributed by atoms with van der Waals surface area (Å²) >= 11 is 18.7. The van der Waals surface area contributed by atoms with E-state index in [0.717, 1.165) is 12.8 Å². The summed E-state index contributed by atoms with van der Waals surface area (Å²) in [6.45, 7) is 2.56. The van der Waals surface area contributed by atoms with Crippen molar-refractivity contribution in [2.45, 2.75) is 25.1 Å². The number of hydrogen-bond donors (Lipinski definition) is 1. The van der Waals surface area contributed by atoms with Gasteiger partial charge in [0.05, 0.1) is 9.90 Å². The Morgan fingerprint density at radius 1 is 1.56 bits per heavy atom. The zero-order chi connectivity index (χ0) is 12.1. The number of hydrogen-bond acceptors (Lipinski definition) is 2. The number of rotatable bonds is 5. The summed E-state index contributed by atoms with van der Waals surface area (Å²) < 4.78 is 0.930. The molecule has 0 aromatic carbocycles. The average Bonchev–Trinajstić information content (AvgIpc) is 2.57. The largest absolute Gasteiger partial charge is 0.352 e. The lowest BCUT2D eigenvalue weighted by molar-refractivity contribution is 0.0953. The number of alkyl halides is 1. The van der Waals surface area contributed by atoms with Crippen molar-refractivity contribution in [2.75, 3.05) is 6.54 Å². The van der Waals surface area contributed by atoms with Crippen LogP contribution in [0.1, 0.15) is 30.1 Å². The first-order valence-electron chi connectivity index (χ1n) is 4.91. The lowest BCUT2D eigenvalue weighted by atomic mass is 10.2. The fourth-order valence-electron chi connectivity index (χ4n) is 1.14. The van der Waals surface area contributed by atoms with Crippen molar-refractivity contribution in [3.63, 3.8) is 0 Å². The van der Waals surface area contributed by atoms with Gasteiger partial charge < -0.3 is 5.32 Å². The van der Waals surface area contributed by atoms with Gasteiger partial charge in [0.25, 0.3) is 5.91 Å². The van der Waals surface area contributed by atoms with Crippen molar-refractivity contribution in [1.82, 2.24) is 5.32 Å². The molecule has 1 atom stereocenters. The van der Waals surface area contributed by atoms with Crippen LogP contribution in [0.5, 0.6) is 0 Å². The number of thiophene rings is 1. The van der Waals surface area contributed by atoms with Crippen molar-refractivity contribution in [3.05, 3.63) is 20.3 Å². The Kier molecular flexibility index (Phi) is 5.90. The molecule has 1 unspecified atom stereocenters. The van der Waals surface area contributed by atoms with E-state index in [-0.39, 0.29) is 11.3 Å². The van der Waals surface area contributed by atoms with Gasteiger partial charge >= 0.3 is 0 Å². The van der Waals surface area contributed by atoms with Gasteiger partial charge in [-0.15, -0.1) is 22.9 Å². The third-order valence-electron chi connectivity index (χ3n) is 2.09. The minimum Gasteiger partial charge on any atom is -0.352 e. The number of carbonyl (C=O) groups is 1. The minimum absolute atomic E-state index is 0.0989. The lowest BCUT2D eigenvalue weighted by Crippen LogP contribution is -2.25. The normalized spacial score (nSPS) is 12.5. The first kappa shape index (κ1) is 14.1. The highest BCUT2D eigenvalue weighted by Gasteiger charge is 2.13. The molecule has 0 aliphatic heterocycles. The quantitative estimate of drug-likeness (QED) is 0.812. The Hall–Kier alpha value is 0.0400. The Bertz CT molecular complexity index is 367. The Morgan fingerprint density at radius 3 is 2.75 bits per heavy atom. The molecular formula is C10H12Cl3NOS. The molecule has 0 fully saturated rings. The maximum absolute atomic E-state index is 11.7. The van der Waals surface area contributed by atoms with Crippen LogP contribution >= 0.6 is 46.1 Å². The number of nitrogens with one attached hydrogen (secondary N) is 1. The topological polar surface area (TPSA) is 29.1 Å². The van der Waals surface area contributed by atoms with Crippen LogP contribution in [0.3, 0.4) is 0 Å². The highest BCUT2D eigenvalue weighted by molar-refractivity contribution is 7.20. The van der Waals surface area contributed by atoms with E-state index < -0.39 is 0 Å². The van der Waals surface area contributed by atoms with Crippen LogP contribution in [0.15, 0.2) is 6.07 Å². The van der Waals surface area contributed by atoms with E-state index in [1.165, 1.54) is 11.3 Å². The van der Waals surface area contributed by atoms with Crippen LogP contribution < -0.4 is 5.32 Å². The highest BCUT2D eigenvalue weighted by atomic mass is 35.5. The molecule has 0 radical (unpaired) electrons. The Labute approximate surface area is 114 Å². The zero-order valence-electron chi connectivity index (χ0n) is 8.73. The molecule has 1 aromatic heterocycles. The minimum atomic E-state index is -0.201. The van der Waals surface area contributed by atoms with Crippen molar-refractivity contribution in [2.24, 2.45) is 0 Å². The standard InChI is InChI=1S/C10H12Cl3NOS/c1-2-6(11)3-4-14-10(15)7-5-8(12)16-9(7)13/h5-6H,2-4H2,1H3,(H,14,15). The number of halogens is 3. The average molecular weight is 301 g/mol. The summed E-state index contributed by atoms with van der Waals surface area (Å²) in [5, 5.41) is 2.86. The number of carbonyl (C=O) groups excluding carboxylic acids is 1. The van der Waals surface area contributed by atoms with E-state index in [1.54, 1.807) is 6.07 Å². The fourth-order valence-corrected chi connectivity index (χ4v) is 2.70. The fraction of sp³-hybridized carbons (Fsp3) is 0.500. The van der Waals surface area contributed by atoms with E-state index in [2.05, 4.69) is 5.32 Å². The van der Waals surface area contributed by atoms with Crippen molar-refractivity contribution in [3.8, 4) is 0 Å². The lowest BCUT2D eigenvalue weighted by Gasteiger charge is -2.07. The molecule has 0 bridgehead atoms. The van der Waals surface area contributed by atoms with E-state index in [9.17, 15) is 4.79 Å². The second-order valence-corrected chi connectivity index (χ2v) is 6.19. The molecule has 0 aliphatic rings. The molecule has 1 heterocycles. The van der Waals surface area contributed by atoms with Crippen molar-refractivity contribution in [1.29, 1.82) is 0 Å². The summed E-state index contributed by atoms with van der Waals surface area (Å²) in [4.78, 5) is 11.7. The Morgan fingerprint density at radius 2 is 2.25 bits per heavy atom. The second kappa shape index (κ2) is 6.70. The number of amides is 1. The third kappa shape index (κ3) is 4.13. The Balaban J connectivity index is 2.44. The van der Waals surface area contributed by atoms with Gasteiger partial charge in [-0.3, -0.25) is 4.79 Å². The van der Waals surface area contributed by atoms with Crippen LogP contribution in [0.4, 0.5) is 0 Å². The smallest absolute Gasteiger partial charge is 0.253 e. The van der Waals surface area contributed by atoms with Crippen LogP contribution in [0.2, 0.25) is 8.67 Å². The molecule has 1 rings (SSSR count). The van der Waals surface area contributed by atoms with Gasteiger partial charge in [-0.1, -0.05) is 30.1 Å². The molecule has 16 heavy (non-hydrogen) atoms. The van der Waals surface area contributed by atoms with Gasteiger partial charge in [0.2, 0.25) is 0 Å². The van der Waals surface area contributed by atoms with Crippen molar-refractivity contribution >= 4 is 52.0 Å². The van der Waals surface area contributed by atoms with Crippen LogP contribution in [-0.4, -0.2) is 17.8 Å². The summed E-state index contributed by atoms with van der Waals surface area (Å²) in [6, 6.07) is 1.57. The maximum Gasteiger partial charge on any atom is 0.253 e. The summed E-state index contributed by atoms with van der Waals surface area (Å²) in [6.07, 6.45) is 1.64. The molecule has 90 valence electrons. The molecule has 1 aromatic rings. The first-order chi connectivity index (χ1) is 7.54. The first-order valence-corrected chi connectivity index (χ1v) is 6.92. The molecule has 1 N–H and O–H groups in total. The molecule has 0 saturated carbocycles. The van der Waals surface area contributed by atoms with Crippen molar-refractivity contribution < 1.29 is 4.79 Å². The van der Waals surface area contributed by atoms with Gasteiger partial charge in [0.15, 0.2) is 0 Å². The third-order valence-corrected chi connectivity index (χ3v) is 4.10. The maximum atomic E-state index is 11.7. The van der Waals surface area contributed by atoms with Gasteiger partial charge in [-0.05, 0) is 18.9 Å². The molecule has 1 amide bonds. The summed E-state index contributed by atoms with van der Waals surface area (Å²) in [5.74, 6) is -0.201. The molecular weight excluding hydrogens is 289 g/mol. The monoisotopic (exact) mass is 299 g/mol. The van der Waals surface area contributed by atoms with Crippen LogP contribution in [-0.2, 0) is 0 Å². The van der Waals surface area contributed by atoms with Crippen LogP contribution in [0.25, 0.3) is 0 Å². The molecule has 2 nitrogen and oxygen atoms in total. The second-order valence-electron chi connectivity index (χ2n) is 3.29. The molecule has 0 spiro atoms. The zero-order valence-corrected chi connectivity index (χ0v) is 11.8. The van der Waals surface area contributed by atoms with Gasteiger partial charge in [-0.25, -0.2) is 0 Å². The van der Waals surface area contributed by atoms with Gasteiger partial charge in [0, 0.05) is 11.9 Å².